The number of ether oxygens (including phenoxy) is 1. The van der Waals surface area contributed by atoms with Crippen LogP contribution in [-0.4, -0.2) is 24.0 Å². The van der Waals surface area contributed by atoms with Crippen molar-refractivity contribution in [2.75, 3.05) is 7.11 Å². The summed E-state index contributed by atoms with van der Waals surface area (Å²) in [4.78, 5) is 14.4. The van der Waals surface area contributed by atoms with Gasteiger partial charge in [-0.3, -0.25) is 4.79 Å². The van der Waals surface area contributed by atoms with E-state index in [1.807, 2.05) is 24.3 Å². The molecule has 0 unspecified atom stereocenters. The highest BCUT2D eigenvalue weighted by Crippen LogP contribution is 2.31. The first kappa shape index (κ1) is 16.8. The molecule has 0 spiro atoms. The fraction of sp³-hybridized carbons (Fsp3) is 0.316. The molecule has 1 amide bonds. The van der Waals surface area contributed by atoms with Crippen LogP contribution in [0.4, 0.5) is 4.39 Å². The summed E-state index contributed by atoms with van der Waals surface area (Å²) in [6.45, 7) is 0.213. The van der Waals surface area contributed by atoms with Gasteiger partial charge in [-0.25, -0.2) is 4.39 Å². The molecule has 0 aliphatic heterocycles. The van der Waals surface area contributed by atoms with E-state index in [-0.39, 0.29) is 30.7 Å². The molecule has 1 aliphatic carbocycles. The van der Waals surface area contributed by atoms with Gasteiger partial charge in [-0.2, -0.15) is 0 Å². The quantitative estimate of drug-likeness (QED) is 0.783. The van der Waals surface area contributed by atoms with Gasteiger partial charge in [-0.15, -0.1) is 0 Å². The summed E-state index contributed by atoms with van der Waals surface area (Å²) in [7, 11) is 1.60. The summed E-state index contributed by atoms with van der Waals surface area (Å²) >= 11 is 6.11. The molecule has 2 aromatic carbocycles. The second kappa shape index (κ2) is 7.22. The van der Waals surface area contributed by atoms with E-state index in [1.165, 1.54) is 6.07 Å². The van der Waals surface area contributed by atoms with Gasteiger partial charge in [-0.1, -0.05) is 29.8 Å². The average Bonchev–Trinajstić information content (AvgIpc) is 3.40. The molecule has 0 N–H and O–H groups in total. The van der Waals surface area contributed by atoms with Gasteiger partial charge in [-0.05, 0) is 42.7 Å². The summed E-state index contributed by atoms with van der Waals surface area (Å²) < 4.78 is 19.2. The van der Waals surface area contributed by atoms with Crippen molar-refractivity contribution in [2.45, 2.75) is 31.8 Å². The number of methoxy groups -OCH3 is 1. The highest BCUT2D eigenvalue weighted by Gasteiger charge is 2.33. The Kier molecular flexibility index (Phi) is 5.05. The Balaban J connectivity index is 1.74. The van der Waals surface area contributed by atoms with E-state index in [2.05, 4.69) is 0 Å². The average molecular weight is 348 g/mol. The van der Waals surface area contributed by atoms with Crippen LogP contribution in [0.5, 0.6) is 5.75 Å². The summed E-state index contributed by atoms with van der Waals surface area (Å²) in [5.41, 5.74) is 1.29. The number of benzene rings is 2. The first-order valence-electron chi connectivity index (χ1n) is 7.94. The van der Waals surface area contributed by atoms with E-state index >= 15 is 0 Å². The molecule has 1 fully saturated rings. The van der Waals surface area contributed by atoms with Crippen molar-refractivity contribution in [3.05, 3.63) is 64.4 Å². The molecule has 0 radical (unpaired) electrons. The minimum Gasteiger partial charge on any atom is -0.497 e. The number of hydrogen-bond acceptors (Lipinski definition) is 2. The number of carbonyl (C=O) groups excluding carboxylic acids is 1. The number of rotatable bonds is 6. The van der Waals surface area contributed by atoms with Crippen LogP contribution in [0.2, 0.25) is 5.02 Å². The van der Waals surface area contributed by atoms with Gasteiger partial charge in [0.2, 0.25) is 5.91 Å². The minimum absolute atomic E-state index is 0.0120. The fourth-order valence-corrected chi connectivity index (χ4v) is 2.90. The van der Waals surface area contributed by atoms with Gasteiger partial charge >= 0.3 is 0 Å². The monoisotopic (exact) mass is 347 g/mol. The Morgan fingerprint density at radius 3 is 2.54 bits per heavy atom. The molecule has 5 heteroatoms. The molecular weight excluding hydrogens is 329 g/mol. The lowest BCUT2D eigenvalue weighted by molar-refractivity contribution is -0.131. The van der Waals surface area contributed by atoms with E-state index in [0.717, 1.165) is 24.2 Å². The molecule has 0 heterocycles. The van der Waals surface area contributed by atoms with Crippen LogP contribution in [-0.2, 0) is 17.8 Å². The smallest absolute Gasteiger partial charge is 0.227 e. The topological polar surface area (TPSA) is 29.5 Å². The van der Waals surface area contributed by atoms with Gasteiger partial charge < -0.3 is 9.64 Å². The standard InChI is InChI=1S/C19H19ClFNO2/c1-24-15-9-5-13(6-10-15)11-19(23)22(14-7-8-14)12-16-17(20)3-2-4-18(16)21/h2-6,9-10,14H,7-8,11-12H2,1H3. The van der Waals surface area contributed by atoms with Crippen molar-refractivity contribution in [3.8, 4) is 5.75 Å². The van der Waals surface area contributed by atoms with Crippen LogP contribution in [0, 0.1) is 5.82 Å². The molecule has 1 saturated carbocycles. The van der Waals surface area contributed by atoms with Gasteiger partial charge in [0.15, 0.2) is 0 Å². The van der Waals surface area contributed by atoms with E-state index < -0.39 is 0 Å². The largest absolute Gasteiger partial charge is 0.497 e. The lowest BCUT2D eigenvalue weighted by atomic mass is 10.1. The van der Waals surface area contributed by atoms with Crippen molar-refractivity contribution in [1.29, 1.82) is 0 Å². The van der Waals surface area contributed by atoms with E-state index in [9.17, 15) is 9.18 Å². The predicted octanol–water partition coefficient (Wildman–Crippen LogP) is 4.22. The van der Waals surface area contributed by atoms with Crippen molar-refractivity contribution >= 4 is 17.5 Å². The maximum atomic E-state index is 14.0. The Morgan fingerprint density at radius 1 is 1.25 bits per heavy atom. The van der Waals surface area contributed by atoms with Crippen LogP contribution in [0.1, 0.15) is 24.0 Å². The van der Waals surface area contributed by atoms with Crippen LogP contribution >= 0.6 is 11.6 Å². The lowest BCUT2D eigenvalue weighted by Crippen LogP contribution is -2.34. The molecule has 3 rings (SSSR count). The number of hydrogen-bond donors (Lipinski definition) is 0. The van der Waals surface area contributed by atoms with Crippen molar-refractivity contribution in [2.24, 2.45) is 0 Å². The Labute approximate surface area is 146 Å². The number of amides is 1. The maximum Gasteiger partial charge on any atom is 0.227 e. The van der Waals surface area contributed by atoms with Crippen LogP contribution in [0.15, 0.2) is 42.5 Å². The third-order valence-corrected chi connectivity index (χ3v) is 4.57. The highest BCUT2D eigenvalue weighted by atomic mass is 35.5. The van der Waals surface area contributed by atoms with Crippen molar-refractivity contribution in [1.82, 2.24) is 4.90 Å². The summed E-state index contributed by atoms with van der Waals surface area (Å²) in [6, 6.07) is 12.2. The summed E-state index contributed by atoms with van der Waals surface area (Å²) in [5, 5.41) is 0.359. The zero-order valence-electron chi connectivity index (χ0n) is 13.5. The zero-order chi connectivity index (χ0) is 17.1. The third kappa shape index (κ3) is 3.88. The SMILES string of the molecule is COc1ccc(CC(=O)N(Cc2c(F)cccc2Cl)C2CC2)cc1. The Bertz CT molecular complexity index is 708. The molecule has 3 nitrogen and oxygen atoms in total. The lowest BCUT2D eigenvalue weighted by Gasteiger charge is -2.23. The molecule has 126 valence electrons. The molecule has 0 aromatic heterocycles. The molecule has 0 bridgehead atoms. The Morgan fingerprint density at radius 2 is 1.96 bits per heavy atom. The van der Waals surface area contributed by atoms with Crippen LogP contribution in [0.3, 0.4) is 0 Å². The highest BCUT2D eigenvalue weighted by molar-refractivity contribution is 6.31. The first-order chi connectivity index (χ1) is 11.6. The van der Waals surface area contributed by atoms with Gasteiger partial charge in [0.05, 0.1) is 20.1 Å². The number of halogens is 2. The van der Waals surface area contributed by atoms with Gasteiger partial charge in [0.1, 0.15) is 11.6 Å². The molecule has 24 heavy (non-hydrogen) atoms. The summed E-state index contributed by atoms with van der Waals surface area (Å²) in [6.07, 6.45) is 2.20. The first-order valence-corrected chi connectivity index (χ1v) is 8.31. The van der Waals surface area contributed by atoms with Crippen molar-refractivity contribution < 1.29 is 13.9 Å². The summed E-state index contributed by atoms with van der Waals surface area (Å²) in [5.74, 6) is 0.371. The molecule has 2 aromatic rings. The van der Waals surface area contributed by atoms with E-state index in [0.29, 0.717) is 10.6 Å². The van der Waals surface area contributed by atoms with Gasteiger partial charge in [0.25, 0.3) is 0 Å². The van der Waals surface area contributed by atoms with E-state index in [4.69, 9.17) is 16.3 Å². The van der Waals surface area contributed by atoms with Crippen molar-refractivity contribution in [3.63, 3.8) is 0 Å². The normalized spacial score (nSPS) is 13.6. The van der Waals surface area contributed by atoms with Crippen LogP contribution < -0.4 is 4.74 Å². The zero-order valence-corrected chi connectivity index (χ0v) is 14.2. The van der Waals surface area contributed by atoms with E-state index in [1.54, 1.807) is 24.1 Å². The Hall–Kier alpha value is -2.07. The number of carbonyl (C=O) groups is 1. The second-order valence-electron chi connectivity index (χ2n) is 5.98. The minimum atomic E-state index is -0.370. The third-order valence-electron chi connectivity index (χ3n) is 4.21. The van der Waals surface area contributed by atoms with Gasteiger partial charge in [0, 0.05) is 16.6 Å². The second-order valence-corrected chi connectivity index (χ2v) is 6.39. The molecular formula is C19H19ClFNO2. The molecule has 1 aliphatic rings. The van der Waals surface area contributed by atoms with Crippen LogP contribution in [0.25, 0.3) is 0 Å². The fourth-order valence-electron chi connectivity index (χ4n) is 2.68. The number of nitrogens with zero attached hydrogens (tertiary/aromatic N) is 1. The molecule has 0 saturated heterocycles. The maximum absolute atomic E-state index is 14.0. The predicted molar refractivity (Wildman–Crippen MR) is 91.7 cm³/mol. The molecule has 0 atom stereocenters.